The maximum atomic E-state index is 9.88. The highest BCUT2D eigenvalue weighted by Crippen LogP contribution is 2.29. The molecule has 3 N–H and O–H groups in total. The van der Waals surface area contributed by atoms with Crippen LogP contribution in [0.5, 0.6) is 0 Å². The van der Waals surface area contributed by atoms with Crippen molar-refractivity contribution in [1.29, 1.82) is 0 Å². The summed E-state index contributed by atoms with van der Waals surface area (Å²) < 4.78 is 5.53. The van der Waals surface area contributed by atoms with Gasteiger partial charge < -0.3 is 19.8 Å². The first-order valence-electron chi connectivity index (χ1n) is 8.54. The Morgan fingerprint density at radius 2 is 2.00 bits per heavy atom. The molecule has 0 atom stereocenters. The fourth-order valence-corrected chi connectivity index (χ4v) is 3.43. The fraction of sp³-hybridized carbons (Fsp3) is 0.190. The Labute approximate surface area is 151 Å². The Morgan fingerprint density at radius 3 is 2.69 bits per heavy atom. The second-order valence-corrected chi connectivity index (χ2v) is 6.47. The van der Waals surface area contributed by atoms with Crippen LogP contribution in [0.1, 0.15) is 28.2 Å². The summed E-state index contributed by atoms with van der Waals surface area (Å²) in [7, 11) is 1.64. The van der Waals surface area contributed by atoms with Crippen LogP contribution in [-0.2, 0) is 11.3 Å². The molecule has 4 rings (SSSR count). The molecule has 0 fully saturated rings. The Morgan fingerprint density at radius 1 is 1.19 bits per heavy atom. The van der Waals surface area contributed by atoms with Crippen LogP contribution in [0.25, 0.3) is 17.0 Å². The maximum absolute atomic E-state index is 9.88. The molecule has 0 saturated heterocycles. The number of H-pyrrole nitrogens is 2. The minimum absolute atomic E-state index is 0.0531. The normalized spacial score (nSPS) is 15.6. The van der Waals surface area contributed by atoms with Crippen LogP contribution in [0, 0.1) is 13.8 Å². The number of hydrogen-bond donors (Lipinski definition) is 3. The van der Waals surface area contributed by atoms with Gasteiger partial charge in [0.1, 0.15) is 11.5 Å². The average Bonchev–Trinajstić information content (AvgIpc) is 3.29. The Bertz CT molecular complexity index is 1080. The standard InChI is InChI=1S/C21H21N3O2/c1-12-8-13(2)22-17(12)9-18-20(26-3)10-19(23-18)21-15(11-25)14-6-4-5-7-16(14)24-21/h4-10,22,24-25H,11H2,1-3H3. The molecule has 3 aromatic rings. The molecule has 0 amide bonds. The molecule has 5 nitrogen and oxygen atoms in total. The number of aliphatic imine (C=N–C) groups is 1. The van der Waals surface area contributed by atoms with Crippen molar-refractivity contribution in [2.75, 3.05) is 7.11 Å². The third kappa shape index (κ3) is 2.66. The van der Waals surface area contributed by atoms with Crippen molar-refractivity contribution in [3.63, 3.8) is 0 Å². The number of ether oxygens (including phenoxy) is 1. The van der Waals surface area contributed by atoms with Gasteiger partial charge in [0.05, 0.1) is 25.1 Å². The van der Waals surface area contributed by atoms with E-state index in [1.807, 2.05) is 43.3 Å². The lowest BCUT2D eigenvalue weighted by Crippen LogP contribution is -1.99. The molecule has 3 heterocycles. The van der Waals surface area contributed by atoms with Gasteiger partial charge in [-0.1, -0.05) is 18.2 Å². The Kier molecular flexibility index (Phi) is 4.01. The molecule has 0 saturated carbocycles. The van der Waals surface area contributed by atoms with Gasteiger partial charge in [-0.2, -0.15) is 0 Å². The van der Waals surface area contributed by atoms with Gasteiger partial charge in [-0.15, -0.1) is 0 Å². The van der Waals surface area contributed by atoms with Gasteiger partial charge in [0, 0.05) is 33.9 Å². The third-order valence-electron chi connectivity index (χ3n) is 4.68. The number of aromatic nitrogens is 2. The van der Waals surface area contributed by atoms with Crippen molar-refractivity contribution in [2.45, 2.75) is 20.5 Å². The molecule has 1 aliphatic heterocycles. The van der Waals surface area contributed by atoms with E-state index in [0.717, 1.165) is 50.5 Å². The number of aliphatic hydroxyl groups excluding tert-OH is 1. The molecule has 1 aliphatic rings. The van der Waals surface area contributed by atoms with Gasteiger partial charge in [0.15, 0.2) is 0 Å². The number of aliphatic hydroxyl groups is 1. The van der Waals surface area contributed by atoms with Crippen LogP contribution in [0.15, 0.2) is 52.9 Å². The van der Waals surface area contributed by atoms with E-state index in [0.29, 0.717) is 5.76 Å². The van der Waals surface area contributed by atoms with Crippen molar-refractivity contribution in [3.05, 3.63) is 76.1 Å². The Hall–Kier alpha value is -3.05. The fourth-order valence-electron chi connectivity index (χ4n) is 3.43. The largest absolute Gasteiger partial charge is 0.494 e. The van der Waals surface area contributed by atoms with Gasteiger partial charge in [0.2, 0.25) is 0 Å². The zero-order valence-corrected chi connectivity index (χ0v) is 15.1. The number of para-hydroxylation sites is 1. The molecule has 26 heavy (non-hydrogen) atoms. The van der Waals surface area contributed by atoms with Gasteiger partial charge >= 0.3 is 0 Å². The SMILES string of the molecule is COC1=CC(c2[nH]c3ccccc3c2CO)=NC1=Cc1[nH]c(C)cc1C. The lowest BCUT2D eigenvalue weighted by Gasteiger charge is -2.01. The number of aryl methyl sites for hydroxylation is 2. The lowest BCUT2D eigenvalue weighted by atomic mass is 10.1. The zero-order chi connectivity index (χ0) is 18.3. The van der Waals surface area contributed by atoms with E-state index >= 15 is 0 Å². The van der Waals surface area contributed by atoms with E-state index in [-0.39, 0.29) is 6.61 Å². The predicted molar refractivity (Wildman–Crippen MR) is 104 cm³/mol. The molecular formula is C21H21N3O2. The third-order valence-corrected chi connectivity index (χ3v) is 4.68. The number of fused-ring (bicyclic) bond motifs is 1. The summed E-state index contributed by atoms with van der Waals surface area (Å²) in [6.07, 6.45) is 3.90. The monoisotopic (exact) mass is 347 g/mol. The van der Waals surface area contributed by atoms with Crippen molar-refractivity contribution in [3.8, 4) is 0 Å². The summed E-state index contributed by atoms with van der Waals surface area (Å²) >= 11 is 0. The number of methoxy groups -OCH3 is 1. The molecule has 0 spiro atoms. The number of hydrogen-bond acceptors (Lipinski definition) is 3. The van der Waals surface area contributed by atoms with Crippen molar-refractivity contribution in [2.24, 2.45) is 4.99 Å². The zero-order valence-electron chi connectivity index (χ0n) is 15.1. The molecule has 2 aromatic heterocycles. The van der Waals surface area contributed by atoms with E-state index in [4.69, 9.17) is 9.73 Å². The minimum atomic E-state index is -0.0531. The number of nitrogens with zero attached hydrogens (tertiary/aromatic N) is 1. The summed E-state index contributed by atoms with van der Waals surface area (Å²) in [4.78, 5) is 11.5. The van der Waals surface area contributed by atoms with E-state index in [1.54, 1.807) is 7.11 Å². The van der Waals surface area contributed by atoms with E-state index in [9.17, 15) is 5.11 Å². The van der Waals surface area contributed by atoms with Crippen LogP contribution in [0.2, 0.25) is 0 Å². The first-order chi connectivity index (χ1) is 12.6. The maximum Gasteiger partial charge on any atom is 0.146 e. The highest BCUT2D eigenvalue weighted by Gasteiger charge is 2.21. The predicted octanol–water partition coefficient (Wildman–Crippen LogP) is 3.98. The molecule has 0 unspecified atom stereocenters. The quantitative estimate of drug-likeness (QED) is 0.668. The van der Waals surface area contributed by atoms with E-state index < -0.39 is 0 Å². The first-order valence-corrected chi connectivity index (χ1v) is 8.54. The molecule has 0 bridgehead atoms. The molecular weight excluding hydrogens is 326 g/mol. The Balaban J connectivity index is 1.83. The summed E-state index contributed by atoms with van der Waals surface area (Å²) in [5, 5.41) is 10.9. The number of nitrogens with one attached hydrogen (secondary N) is 2. The smallest absolute Gasteiger partial charge is 0.146 e. The molecule has 5 heteroatoms. The van der Waals surface area contributed by atoms with E-state index in [1.165, 1.54) is 0 Å². The highest BCUT2D eigenvalue weighted by atomic mass is 16.5. The average molecular weight is 347 g/mol. The lowest BCUT2D eigenvalue weighted by molar-refractivity contribution is 0.283. The molecule has 132 valence electrons. The number of aromatic amines is 2. The van der Waals surface area contributed by atoms with Crippen molar-refractivity contribution in [1.82, 2.24) is 9.97 Å². The van der Waals surface area contributed by atoms with Crippen LogP contribution in [-0.4, -0.2) is 27.9 Å². The van der Waals surface area contributed by atoms with Gasteiger partial charge in [-0.05, 0) is 37.6 Å². The molecule has 1 aromatic carbocycles. The highest BCUT2D eigenvalue weighted by molar-refractivity contribution is 6.14. The topological polar surface area (TPSA) is 73.4 Å². The summed E-state index contributed by atoms with van der Waals surface area (Å²) in [6.45, 7) is 4.04. The van der Waals surface area contributed by atoms with E-state index in [2.05, 4.69) is 23.0 Å². The van der Waals surface area contributed by atoms with Gasteiger partial charge in [-0.25, -0.2) is 4.99 Å². The van der Waals surface area contributed by atoms with Crippen molar-refractivity contribution < 1.29 is 9.84 Å². The second-order valence-electron chi connectivity index (χ2n) is 6.47. The first kappa shape index (κ1) is 16.4. The number of benzene rings is 1. The summed E-state index contributed by atoms with van der Waals surface area (Å²) in [6, 6.07) is 10.0. The summed E-state index contributed by atoms with van der Waals surface area (Å²) in [5.74, 6) is 0.703. The van der Waals surface area contributed by atoms with Gasteiger partial charge in [0.25, 0.3) is 0 Å². The minimum Gasteiger partial charge on any atom is -0.494 e. The molecule has 0 aliphatic carbocycles. The van der Waals surface area contributed by atoms with Gasteiger partial charge in [-0.3, -0.25) is 0 Å². The van der Waals surface area contributed by atoms with Crippen LogP contribution >= 0.6 is 0 Å². The number of rotatable bonds is 4. The van der Waals surface area contributed by atoms with Crippen LogP contribution in [0.3, 0.4) is 0 Å². The molecule has 0 radical (unpaired) electrons. The van der Waals surface area contributed by atoms with Crippen LogP contribution in [0.4, 0.5) is 0 Å². The van der Waals surface area contributed by atoms with Crippen LogP contribution < -0.4 is 0 Å². The number of allylic oxidation sites excluding steroid dienone is 1. The summed E-state index contributed by atoms with van der Waals surface area (Å²) in [5.41, 5.74) is 7.46. The van der Waals surface area contributed by atoms with Crippen molar-refractivity contribution >= 4 is 22.7 Å². The second kappa shape index (κ2) is 6.35.